The number of carbonyl (C=O) groups is 1. The Balaban J connectivity index is 1.29. The zero-order chi connectivity index (χ0) is 24.8. The van der Waals surface area contributed by atoms with Crippen LogP contribution >= 0.6 is 11.3 Å². The average Bonchev–Trinajstić information content (AvgIpc) is 3.26. The van der Waals surface area contributed by atoms with Gasteiger partial charge in [-0.2, -0.15) is 4.31 Å². The van der Waals surface area contributed by atoms with Crippen LogP contribution in [0.15, 0.2) is 70.5 Å². The van der Waals surface area contributed by atoms with Crippen LogP contribution in [0.1, 0.15) is 12.8 Å². The van der Waals surface area contributed by atoms with E-state index in [1.54, 1.807) is 0 Å². The molecule has 0 saturated carbocycles. The van der Waals surface area contributed by atoms with Crippen LogP contribution in [0.25, 0.3) is 21.0 Å². The summed E-state index contributed by atoms with van der Waals surface area (Å²) in [7, 11) is -7.72. The van der Waals surface area contributed by atoms with Gasteiger partial charge in [-0.05, 0) is 36.4 Å². The van der Waals surface area contributed by atoms with Gasteiger partial charge >= 0.3 is 0 Å². The van der Waals surface area contributed by atoms with Gasteiger partial charge in [0.05, 0.1) is 15.1 Å². The first-order chi connectivity index (χ1) is 16.6. The fraction of sp³-hybridized carbons (Fsp3) is 0.250. The highest BCUT2D eigenvalue weighted by atomic mass is 32.2. The summed E-state index contributed by atoms with van der Waals surface area (Å²) in [6.07, 6.45) is 1.66. The number of nitrogens with one attached hydrogen (secondary N) is 1. The number of hydrogen-bond donors (Lipinski definition) is 1. The van der Waals surface area contributed by atoms with Crippen molar-refractivity contribution >= 4 is 63.2 Å². The molecule has 0 radical (unpaired) electrons. The zero-order valence-electron chi connectivity index (χ0n) is 18.8. The van der Waals surface area contributed by atoms with Gasteiger partial charge in [0.1, 0.15) is 4.90 Å². The largest absolute Gasteiger partial charge is 0.302 e. The molecule has 182 valence electrons. The molecule has 11 heteroatoms. The Bertz CT molecular complexity index is 1650. The van der Waals surface area contributed by atoms with Crippen LogP contribution < -0.4 is 5.32 Å². The van der Waals surface area contributed by atoms with Crippen LogP contribution in [0.3, 0.4) is 0 Å². The van der Waals surface area contributed by atoms with Crippen molar-refractivity contribution in [3.8, 4) is 0 Å². The highest BCUT2D eigenvalue weighted by Gasteiger charge is 2.34. The maximum atomic E-state index is 13.2. The number of sulfone groups is 1. The van der Waals surface area contributed by atoms with Gasteiger partial charge in [-0.1, -0.05) is 53.8 Å². The minimum absolute atomic E-state index is 0.128. The first-order valence-corrected chi connectivity index (χ1v) is 15.2. The Kier molecular flexibility index (Phi) is 6.12. The molecule has 4 aromatic rings. The molecule has 2 heterocycles. The second kappa shape index (κ2) is 8.98. The molecule has 0 atom stereocenters. The zero-order valence-corrected chi connectivity index (χ0v) is 21.3. The Morgan fingerprint density at radius 2 is 1.60 bits per heavy atom. The number of carbonyl (C=O) groups excluding carboxylic acids is 1. The maximum Gasteiger partial charge on any atom is 0.244 e. The third-order valence-corrected chi connectivity index (χ3v) is 10.5. The van der Waals surface area contributed by atoms with Crippen LogP contribution in [0.2, 0.25) is 0 Å². The van der Waals surface area contributed by atoms with E-state index in [2.05, 4.69) is 10.3 Å². The normalized spacial score (nSPS) is 16.0. The standard InChI is InChI=1S/C24H23N3O5S3/c1-34(29,30)20-8-4-5-9-21(20)35(31,32)27-14-12-17(13-15-27)23(28)26-24-25-19-11-10-16-6-2-3-7-18(16)22(19)33-24/h2-11,17H,12-15H2,1H3,(H,25,26,28). The van der Waals surface area contributed by atoms with E-state index in [1.807, 2.05) is 36.4 Å². The van der Waals surface area contributed by atoms with Gasteiger partial charge in [-0.25, -0.2) is 21.8 Å². The highest BCUT2D eigenvalue weighted by molar-refractivity contribution is 7.93. The number of hydrogen-bond acceptors (Lipinski definition) is 7. The second-order valence-corrected chi connectivity index (χ2v) is 13.4. The van der Waals surface area contributed by atoms with Gasteiger partial charge in [0, 0.05) is 30.6 Å². The Morgan fingerprint density at radius 1 is 0.943 bits per heavy atom. The summed E-state index contributed by atoms with van der Waals surface area (Å²) >= 11 is 1.42. The molecule has 0 spiro atoms. The molecular weight excluding hydrogens is 506 g/mol. The van der Waals surface area contributed by atoms with E-state index in [4.69, 9.17) is 0 Å². The molecule has 0 unspecified atom stereocenters. The molecule has 1 saturated heterocycles. The van der Waals surface area contributed by atoms with E-state index in [0.29, 0.717) is 18.0 Å². The lowest BCUT2D eigenvalue weighted by molar-refractivity contribution is -0.120. The number of aromatic nitrogens is 1. The quantitative estimate of drug-likeness (QED) is 0.420. The van der Waals surface area contributed by atoms with Crippen molar-refractivity contribution in [1.29, 1.82) is 0 Å². The first kappa shape index (κ1) is 23.9. The predicted octanol–water partition coefficient (Wildman–Crippen LogP) is 3.89. The lowest BCUT2D eigenvalue weighted by atomic mass is 9.97. The summed E-state index contributed by atoms with van der Waals surface area (Å²) in [6.45, 7) is 0.256. The van der Waals surface area contributed by atoms with Crippen molar-refractivity contribution in [3.63, 3.8) is 0 Å². The molecule has 35 heavy (non-hydrogen) atoms. The van der Waals surface area contributed by atoms with Crippen LogP contribution in [0, 0.1) is 5.92 Å². The number of fused-ring (bicyclic) bond motifs is 3. The Labute approximate surface area is 207 Å². The van der Waals surface area contributed by atoms with Crippen LogP contribution in [0.5, 0.6) is 0 Å². The Hall–Kier alpha value is -2.86. The van der Waals surface area contributed by atoms with Crippen LogP contribution in [-0.2, 0) is 24.7 Å². The van der Waals surface area contributed by atoms with Gasteiger partial charge in [0.2, 0.25) is 15.9 Å². The molecule has 8 nitrogen and oxygen atoms in total. The summed E-state index contributed by atoms with van der Waals surface area (Å²) in [5, 5.41) is 5.60. The molecule has 1 N–H and O–H groups in total. The van der Waals surface area contributed by atoms with E-state index in [0.717, 1.165) is 27.2 Å². The minimum Gasteiger partial charge on any atom is -0.302 e. The van der Waals surface area contributed by atoms with Gasteiger partial charge < -0.3 is 5.32 Å². The Morgan fingerprint density at radius 3 is 2.31 bits per heavy atom. The SMILES string of the molecule is CS(=O)(=O)c1ccccc1S(=O)(=O)N1CCC(C(=O)Nc2nc3ccc4ccccc4c3s2)CC1. The molecule has 1 aliphatic rings. The third-order valence-electron chi connectivity index (χ3n) is 6.20. The third kappa shape index (κ3) is 4.56. The maximum absolute atomic E-state index is 13.2. The number of nitrogens with zero attached hydrogens (tertiary/aromatic N) is 2. The van der Waals surface area contributed by atoms with E-state index >= 15 is 0 Å². The smallest absolute Gasteiger partial charge is 0.244 e. The lowest BCUT2D eigenvalue weighted by Gasteiger charge is -2.30. The monoisotopic (exact) mass is 529 g/mol. The van der Waals surface area contributed by atoms with Crippen LogP contribution in [0.4, 0.5) is 5.13 Å². The van der Waals surface area contributed by atoms with Crippen LogP contribution in [-0.4, -0.2) is 51.4 Å². The van der Waals surface area contributed by atoms with Crippen molar-refractivity contribution in [3.05, 3.63) is 60.7 Å². The molecule has 1 aliphatic heterocycles. The topological polar surface area (TPSA) is 114 Å². The fourth-order valence-electron chi connectivity index (χ4n) is 4.38. The second-order valence-electron chi connectivity index (χ2n) is 8.54. The summed E-state index contributed by atoms with van der Waals surface area (Å²) in [5.41, 5.74) is 0.814. The summed E-state index contributed by atoms with van der Waals surface area (Å²) in [5.74, 6) is -0.558. The van der Waals surface area contributed by atoms with Crippen molar-refractivity contribution in [1.82, 2.24) is 9.29 Å². The first-order valence-electron chi connectivity index (χ1n) is 11.0. The number of amides is 1. The number of sulfonamides is 1. The van der Waals surface area contributed by atoms with E-state index in [9.17, 15) is 21.6 Å². The number of benzene rings is 3. The van der Waals surface area contributed by atoms with Gasteiger partial charge in [0.25, 0.3) is 0 Å². The van der Waals surface area contributed by atoms with E-state index < -0.39 is 19.9 Å². The highest BCUT2D eigenvalue weighted by Crippen LogP contribution is 2.34. The number of thiazole rings is 1. The van der Waals surface area contributed by atoms with Crippen molar-refractivity contribution in [2.75, 3.05) is 24.7 Å². The molecular formula is C24H23N3O5S3. The van der Waals surface area contributed by atoms with Gasteiger partial charge in [-0.15, -0.1) is 0 Å². The number of anilines is 1. The summed E-state index contributed by atoms with van der Waals surface area (Å²) in [6, 6.07) is 17.5. The van der Waals surface area contributed by atoms with Gasteiger partial charge in [-0.3, -0.25) is 4.79 Å². The molecule has 0 aliphatic carbocycles. The summed E-state index contributed by atoms with van der Waals surface area (Å²) < 4.78 is 52.8. The minimum atomic E-state index is -4.01. The number of rotatable bonds is 5. The average molecular weight is 530 g/mol. The van der Waals surface area contributed by atoms with Crippen molar-refractivity contribution < 1.29 is 21.6 Å². The molecule has 1 amide bonds. The van der Waals surface area contributed by atoms with E-state index in [-0.39, 0.29) is 34.7 Å². The van der Waals surface area contributed by atoms with Crippen molar-refractivity contribution in [2.45, 2.75) is 22.6 Å². The van der Waals surface area contributed by atoms with Gasteiger partial charge in [0.15, 0.2) is 15.0 Å². The molecule has 3 aromatic carbocycles. The molecule has 1 aromatic heterocycles. The predicted molar refractivity (Wildman–Crippen MR) is 137 cm³/mol. The fourth-order valence-corrected chi connectivity index (χ4v) is 8.46. The van der Waals surface area contributed by atoms with E-state index in [1.165, 1.54) is 39.9 Å². The van der Waals surface area contributed by atoms with Crippen molar-refractivity contribution in [2.24, 2.45) is 5.92 Å². The molecule has 1 fully saturated rings. The number of piperidine rings is 1. The molecule has 0 bridgehead atoms. The summed E-state index contributed by atoms with van der Waals surface area (Å²) in [4.78, 5) is 17.0. The lowest BCUT2D eigenvalue weighted by Crippen LogP contribution is -2.41. The molecule has 5 rings (SSSR count).